The van der Waals surface area contributed by atoms with Gasteiger partial charge in [-0.2, -0.15) is 0 Å². The molecule has 0 saturated carbocycles. The normalized spacial score (nSPS) is 14.7. The lowest BCUT2D eigenvalue weighted by molar-refractivity contribution is -0.144. The van der Waals surface area contributed by atoms with E-state index in [4.69, 9.17) is 30.6 Å². The van der Waals surface area contributed by atoms with E-state index in [9.17, 15) is 9.59 Å². The fraction of sp³-hybridized carbons (Fsp3) is 0.515. The van der Waals surface area contributed by atoms with Crippen LogP contribution in [-0.4, -0.2) is 61.4 Å². The number of benzene rings is 2. The number of ether oxygens (including phenoxy) is 2. The highest BCUT2D eigenvalue weighted by Crippen LogP contribution is 2.23. The van der Waals surface area contributed by atoms with E-state index in [0.717, 1.165) is 56.3 Å². The molecule has 11 heteroatoms. The number of piperidine rings is 1. The highest BCUT2D eigenvalue weighted by Gasteiger charge is 2.18. The quantitative estimate of drug-likeness (QED) is 0.0786. The zero-order chi connectivity index (χ0) is 31.6. The molecular formula is C33H47N5O6. The number of nitrogens with zero attached hydrogens (tertiary/aromatic N) is 3. The summed E-state index contributed by atoms with van der Waals surface area (Å²) < 4.78 is 11.8. The van der Waals surface area contributed by atoms with E-state index in [1.807, 2.05) is 50.2 Å². The van der Waals surface area contributed by atoms with Gasteiger partial charge in [0.2, 0.25) is 0 Å². The van der Waals surface area contributed by atoms with E-state index < -0.39 is 11.9 Å². The van der Waals surface area contributed by atoms with Crippen molar-refractivity contribution in [3.05, 3.63) is 59.7 Å². The van der Waals surface area contributed by atoms with Crippen molar-refractivity contribution >= 4 is 23.6 Å². The van der Waals surface area contributed by atoms with E-state index in [1.165, 1.54) is 12.8 Å². The number of rotatable bonds is 18. The Bertz CT molecular complexity index is 1110. The van der Waals surface area contributed by atoms with Crippen LogP contribution in [0.2, 0.25) is 0 Å². The summed E-state index contributed by atoms with van der Waals surface area (Å²) in [5, 5.41) is 7.41. The van der Waals surface area contributed by atoms with Gasteiger partial charge < -0.3 is 35.5 Å². The van der Waals surface area contributed by atoms with Crippen molar-refractivity contribution in [2.24, 2.45) is 27.7 Å². The van der Waals surface area contributed by atoms with Crippen LogP contribution in [0.5, 0.6) is 11.5 Å². The standard InChI is InChI=1S/C33H47N5O6/c1-3-7-30(39)43-36-32(34)26-10-14-28(15-11-26)41-23-5-9-25-18-21-38(22-19-25)20-6-24-42-29-16-12-27(13-17-29)33(35)37-44-31(40)8-4-2/h10-17,25H,3-9,18-24H2,1-2H3,(H2,34,36)(H2,35,37). The third kappa shape index (κ3) is 12.6. The monoisotopic (exact) mass is 609 g/mol. The second-order valence-electron chi connectivity index (χ2n) is 10.9. The maximum Gasteiger partial charge on any atom is 0.335 e. The van der Waals surface area contributed by atoms with Gasteiger partial charge in [0.1, 0.15) is 11.5 Å². The van der Waals surface area contributed by atoms with Crippen molar-refractivity contribution in [1.82, 2.24) is 4.90 Å². The smallest absolute Gasteiger partial charge is 0.335 e. The molecule has 0 amide bonds. The average molecular weight is 610 g/mol. The molecule has 0 atom stereocenters. The van der Waals surface area contributed by atoms with Gasteiger partial charge in [-0.1, -0.05) is 24.2 Å². The van der Waals surface area contributed by atoms with Crippen molar-refractivity contribution in [3.8, 4) is 11.5 Å². The summed E-state index contributed by atoms with van der Waals surface area (Å²) in [6.07, 6.45) is 7.55. The van der Waals surface area contributed by atoms with Crippen LogP contribution in [-0.2, 0) is 19.3 Å². The maximum atomic E-state index is 11.4. The second kappa shape index (κ2) is 19.2. The number of carbonyl (C=O) groups excluding carboxylic acids is 2. The van der Waals surface area contributed by atoms with Gasteiger partial charge in [-0.05, 0) is 112 Å². The van der Waals surface area contributed by atoms with E-state index in [2.05, 4.69) is 15.2 Å². The molecule has 3 rings (SSSR count). The summed E-state index contributed by atoms with van der Waals surface area (Å²) in [5.41, 5.74) is 13.1. The molecule has 0 spiro atoms. The molecule has 2 aromatic rings. The summed E-state index contributed by atoms with van der Waals surface area (Å²) in [6, 6.07) is 14.6. The fourth-order valence-electron chi connectivity index (χ4n) is 4.79. The lowest BCUT2D eigenvalue weighted by Gasteiger charge is -2.32. The minimum absolute atomic E-state index is 0.157. The summed E-state index contributed by atoms with van der Waals surface area (Å²) in [5.74, 6) is 1.80. The Labute approximate surface area is 260 Å². The molecule has 11 nitrogen and oxygen atoms in total. The van der Waals surface area contributed by atoms with Gasteiger partial charge in [-0.15, -0.1) is 0 Å². The largest absolute Gasteiger partial charge is 0.494 e. The molecule has 1 saturated heterocycles. The Kier molecular flexibility index (Phi) is 15.0. The zero-order valence-corrected chi connectivity index (χ0v) is 26.0. The first kappa shape index (κ1) is 34.4. The molecule has 1 aliphatic heterocycles. The average Bonchev–Trinajstić information content (AvgIpc) is 3.04. The van der Waals surface area contributed by atoms with Crippen LogP contribution in [0.15, 0.2) is 58.8 Å². The third-order valence-electron chi connectivity index (χ3n) is 7.32. The Morgan fingerprint density at radius 1 is 0.750 bits per heavy atom. The van der Waals surface area contributed by atoms with Crippen LogP contribution in [0.1, 0.15) is 82.8 Å². The molecule has 1 fully saturated rings. The molecule has 2 aromatic carbocycles. The Balaban J connectivity index is 1.24. The number of oxime groups is 2. The predicted octanol–water partition coefficient (Wildman–Crippen LogP) is 4.95. The minimum Gasteiger partial charge on any atom is -0.494 e. The number of carbonyl (C=O) groups is 2. The first-order chi connectivity index (χ1) is 21.4. The topological polar surface area (TPSA) is 151 Å². The second-order valence-corrected chi connectivity index (χ2v) is 10.9. The molecule has 44 heavy (non-hydrogen) atoms. The van der Waals surface area contributed by atoms with Crippen molar-refractivity contribution in [1.29, 1.82) is 0 Å². The highest BCUT2D eigenvalue weighted by molar-refractivity contribution is 5.98. The highest BCUT2D eigenvalue weighted by atomic mass is 16.7. The van der Waals surface area contributed by atoms with Gasteiger partial charge in [-0.25, -0.2) is 9.59 Å². The molecule has 0 radical (unpaired) electrons. The molecule has 0 unspecified atom stereocenters. The molecule has 0 aliphatic carbocycles. The first-order valence-corrected chi connectivity index (χ1v) is 15.6. The van der Waals surface area contributed by atoms with Crippen LogP contribution < -0.4 is 20.9 Å². The fourth-order valence-corrected chi connectivity index (χ4v) is 4.79. The summed E-state index contributed by atoms with van der Waals surface area (Å²) in [4.78, 5) is 35.0. The molecule has 4 N–H and O–H groups in total. The van der Waals surface area contributed by atoms with Crippen LogP contribution >= 0.6 is 0 Å². The number of amidine groups is 2. The van der Waals surface area contributed by atoms with Crippen molar-refractivity contribution < 1.29 is 28.7 Å². The Hall–Kier alpha value is -4.12. The van der Waals surface area contributed by atoms with Crippen molar-refractivity contribution in [2.75, 3.05) is 32.8 Å². The van der Waals surface area contributed by atoms with Crippen LogP contribution in [0.25, 0.3) is 0 Å². The third-order valence-corrected chi connectivity index (χ3v) is 7.32. The summed E-state index contributed by atoms with van der Waals surface area (Å²) >= 11 is 0. The molecule has 0 aromatic heterocycles. The summed E-state index contributed by atoms with van der Waals surface area (Å²) in [7, 11) is 0. The Morgan fingerprint density at radius 2 is 1.20 bits per heavy atom. The predicted molar refractivity (Wildman–Crippen MR) is 170 cm³/mol. The number of hydrogen-bond acceptors (Lipinski definition) is 9. The zero-order valence-electron chi connectivity index (χ0n) is 26.0. The SMILES string of the molecule is CCCC(=O)O/N=C(\N)c1ccc(OCCCC2CCN(CCCOc3ccc(/C(N)=N/OC(=O)CCC)cc3)CC2)cc1. The van der Waals surface area contributed by atoms with E-state index >= 15 is 0 Å². The van der Waals surface area contributed by atoms with Crippen molar-refractivity contribution in [3.63, 3.8) is 0 Å². The molecule has 240 valence electrons. The maximum absolute atomic E-state index is 11.4. The van der Waals surface area contributed by atoms with Crippen LogP contribution in [0.3, 0.4) is 0 Å². The van der Waals surface area contributed by atoms with Crippen molar-refractivity contribution in [2.45, 2.75) is 71.6 Å². The van der Waals surface area contributed by atoms with Crippen LogP contribution in [0, 0.1) is 5.92 Å². The number of hydrogen-bond donors (Lipinski definition) is 2. The molecule has 0 bridgehead atoms. The van der Waals surface area contributed by atoms with Gasteiger partial charge in [0.05, 0.1) is 13.2 Å². The van der Waals surface area contributed by atoms with Gasteiger partial charge in [0.15, 0.2) is 11.7 Å². The number of nitrogens with two attached hydrogens (primary N) is 2. The lowest BCUT2D eigenvalue weighted by Crippen LogP contribution is -2.35. The Morgan fingerprint density at radius 3 is 1.66 bits per heavy atom. The van der Waals surface area contributed by atoms with E-state index in [1.54, 1.807) is 12.1 Å². The van der Waals surface area contributed by atoms with E-state index in [-0.39, 0.29) is 11.7 Å². The van der Waals surface area contributed by atoms with Crippen LogP contribution in [0.4, 0.5) is 0 Å². The lowest BCUT2D eigenvalue weighted by atomic mass is 9.92. The van der Waals surface area contributed by atoms with E-state index in [0.29, 0.717) is 50.0 Å². The molecular weight excluding hydrogens is 562 g/mol. The van der Waals surface area contributed by atoms with Gasteiger partial charge in [-0.3, -0.25) is 0 Å². The van der Waals surface area contributed by atoms with Gasteiger partial charge in [0.25, 0.3) is 0 Å². The molecule has 1 heterocycles. The minimum atomic E-state index is -0.395. The van der Waals surface area contributed by atoms with Gasteiger partial charge >= 0.3 is 11.9 Å². The number of likely N-dealkylation sites (tertiary alicyclic amines) is 1. The first-order valence-electron chi connectivity index (χ1n) is 15.6. The molecule has 1 aliphatic rings. The van der Waals surface area contributed by atoms with Gasteiger partial charge in [0, 0.05) is 30.5 Å². The summed E-state index contributed by atoms with van der Waals surface area (Å²) in [6.45, 7) is 8.34.